The van der Waals surface area contributed by atoms with E-state index in [1.54, 1.807) is 23.0 Å². The molecule has 0 fully saturated rings. The summed E-state index contributed by atoms with van der Waals surface area (Å²) in [5.74, 6) is -0.460. The van der Waals surface area contributed by atoms with Crippen LogP contribution in [0.25, 0.3) is 16.6 Å². The van der Waals surface area contributed by atoms with Gasteiger partial charge in [0.1, 0.15) is 5.82 Å². The number of nitrogens with one attached hydrogen (secondary N) is 1. The minimum absolute atomic E-state index is 0.0596. The van der Waals surface area contributed by atoms with Crippen molar-refractivity contribution in [2.45, 2.75) is 33.2 Å². The van der Waals surface area contributed by atoms with Gasteiger partial charge < -0.3 is 9.88 Å². The average molecular weight is 390 g/mol. The monoisotopic (exact) mass is 390 g/mol. The zero-order valence-corrected chi connectivity index (χ0v) is 16.7. The molecular weight excluding hydrogens is 367 g/mol. The van der Waals surface area contributed by atoms with Gasteiger partial charge in [-0.1, -0.05) is 13.8 Å². The molecular formula is C23H23FN4O. The van der Waals surface area contributed by atoms with Gasteiger partial charge in [-0.25, -0.2) is 9.07 Å². The molecule has 1 amide bonds. The fourth-order valence-electron chi connectivity index (χ4n) is 3.63. The lowest BCUT2D eigenvalue weighted by atomic mass is 10.0. The second-order valence-electron chi connectivity index (χ2n) is 7.32. The van der Waals surface area contributed by atoms with E-state index in [0.717, 1.165) is 34.5 Å². The number of anilines is 1. The SMILES string of the molecule is CCn1ccc2cc(NC(=O)c3cnn(-c4ccc(F)cc4)c3C(C)C)ccc21. The van der Waals surface area contributed by atoms with E-state index in [9.17, 15) is 9.18 Å². The first-order chi connectivity index (χ1) is 14.0. The Morgan fingerprint density at radius 2 is 1.90 bits per heavy atom. The summed E-state index contributed by atoms with van der Waals surface area (Å²) in [6, 6.07) is 14.0. The summed E-state index contributed by atoms with van der Waals surface area (Å²) < 4.78 is 17.1. The van der Waals surface area contributed by atoms with Crippen LogP contribution in [0, 0.1) is 5.82 Å². The molecule has 2 aromatic carbocycles. The van der Waals surface area contributed by atoms with Crippen molar-refractivity contribution in [3.63, 3.8) is 0 Å². The van der Waals surface area contributed by atoms with E-state index >= 15 is 0 Å². The summed E-state index contributed by atoms with van der Waals surface area (Å²) in [5, 5.41) is 8.46. The van der Waals surface area contributed by atoms with Crippen molar-refractivity contribution in [1.29, 1.82) is 0 Å². The third-order valence-electron chi connectivity index (χ3n) is 5.04. The van der Waals surface area contributed by atoms with E-state index < -0.39 is 0 Å². The zero-order chi connectivity index (χ0) is 20.5. The standard InChI is InChI=1S/C23H23FN4O/c1-4-27-12-11-16-13-18(7-10-21(16)27)26-23(29)20-14-25-28(22(20)15(2)3)19-8-5-17(24)6-9-19/h5-15H,4H2,1-3H3,(H,26,29). The molecule has 0 radical (unpaired) electrons. The van der Waals surface area contributed by atoms with E-state index in [4.69, 9.17) is 0 Å². The van der Waals surface area contributed by atoms with Crippen molar-refractivity contribution in [3.8, 4) is 5.69 Å². The van der Waals surface area contributed by atoms with Crippen molar-refractivity contribution >= 4 is 22.5 Å². The molecule has 5 nitrogen and oxygen atoms in total. The number of hydrogen-bond donors (Lipinski definition) is 1. The topological polar surface area (TPSA) is 51.9 Å². The summed E-state index contributed by atoms with van der Waals surface area (Å²) in [6.45, 7) is 7.01. The van der Waals surface area contributed by atoms with Gasteiger partial charge in [0.05, 0.1) is 23.1 Å². The number of amides is 1. The van der Waals surface area contributed by atoms with Gasteiger partial charge >= 0.3 is 0 Å². The van der Waals surface area contributed by atoms with Gasteiger partial charge in [0.25, 0.3) is 5.91 Å². The molecule has 1 N–H and O–H groups in total. The Bertz CT molecular complexity index is 1170. The lowest BCUT2D eigenvalue weighted by Gasteiger charge is -2.13. The molecule has 29 heavy (non-hydrogen) atoms. The van der Waals surface area contributed by atoms with Crippen molar-refractivity contribution in [1.82, 2.24) is 14.3 Å². The Morgan fingerprint density at radius 3 is 2.59 bits per heavy atom. The maximum absolute atomic E-state index is 13.3. The first kappa shape index (κ1) is 18.9. The van der Waals surface area contributed by atoms with Gasteiger partial charge in [0.2, 0.25) is 0 Å². The first-order valence-corrected chi connectivity index (χ1v) is 9.72. The van der Waals surface area contributed by atoms with Gasteiger partial charge in [-0.15, -0.1) is 0 Å². The summed E-state index contributed by atoms with van der Waals surface area (Å²) in [6.07, 6.45) is 3.61. The number of hydrogen-bond acceptors (Lipinski definition) is 2. The summed E-state index contributed by atoms with van der Waals surface area (Å²) in [4.78, 5) is 13.0. The Balaban J connectivity index is 1.66. The number of carbonyl (C=O) groups excluding carboxylic acids is 1. The molecule has 2 aromatic heterocycles. The number of aromatic nitrogens is 3. The second-order valence-corrected chi connectivity index (χ2v) is 7.32. The van der Waals surface area contributed by atoms with E-state index in [2.05, 4.69) is 21.9 Å². The second kappa shape index (κ2) is 7.54. The van der Waals surface area contributed by atoms with Crippen LogP contribution in [0.15, 0.2) is 60.9 Å². The zero-order valence-electron chi connectivity index (χ0n) is 16.7. The van der Waals surface area contributed by atoms with Crippen LogP contribution in [-0.4, -0.2) is 20.3 Å². The number of benzene rings is 2. The number of halogens is 1. The van der Waals surface area contributed by atoms with Crippen LogP contribution >= 0.6 is 0 Å². The number of carbonyl (C=O) groups is 1. The Kier molecular flexibility index (Phi) is 4.92. The molecule has 0 bridgehead atoms. The molecule has 0 unspecified atom stereocenters. The largest absolute Gasteiger partial charge is 0.348 e. The fourth-order valence-corrected chi connectivity index (χ4v) is 3.63. The van der Waals surface area contributed by atoms with Crippen LogP contribution in [0.5, 0.6) is 0 Å². The molecule has 0 saturated carbocycles. The van der Waals surface area contributed by atoms with E-state index in [1.807, 2.05) is 44.3 Å². The maximum atomic E-state index is 13.3. The highest BCUT2D eigenvalue weighted by Crippen LogP contribution is 2.25. The number of rotatable bonds is 5. The Labute approximate surface area is 168 Å². The predicted octanol–water partition coefficient (Wildman–Crippen LogP) is 5.36. The summed E-state index contributed by atoms with van der Waals surface area (Å²) in [5.41, 5.74) is 3.89. The van der Waals surface area contributed by atoms with Gasteiger partial charge in [-0.2, -0.15) is 5.10 Å². The van der Waals surface area contributed by atoms with Crippen molar-refractivity contribution in [2.75, 3.05) is 5.32 Å². The first-order valence-electron chi connectivity index (χ1n) is 9.72. The van der Waals surface area contributed by atoms with Crippen LogP contribution in [0.1, 0.15) is 42.7 Å². The van der Waals surface area contributed by atoms with Crippen LogP contribution in [0.4, 0.5) is 10.1 Å². The van der Waals surface area contributed by atoms with Crippen molar-refractivity contribution in [3.05, 3.63) is 78.0 Å². The van der Waals surface area contributed by atoms with Gasteiger partial charge in [0, 0.05) is 29.3 Å². The molecule has 0 atom stereocenters. The molecule has 0 saturated heterocycles. The van der Waals surface area contributed by atoms with Gasteiger partial charge in [0.15, 0.2) is 0 Å². The van der Waals surface area contributed by atoms with Crippen molar-refractivity contribution < 1.29 is 9.18 Å². The molecule has 0 aliphatic rings. The van der Waals surface area contributed by atoms with Crippen LogP contribution in [0.2, 0.25) is 0 Å². The lowest BCUT2D eigenvalue weighted by Crippen LogP contribution is -2.15. The summed E-state index contributed by atoms with van der Waals surface area (Å²) >= 11 is 0. The average Bonchev–Trinajstić information content (AvgIpc) is 3.32. The van der Waals surface area contributed by atoms with Gasteiger partial charge in [-0.3, -0.25) is 4.79 Å². The minimum Gasteiger partial charge on any atom is -0.348 e. The van der Waals surface area contributed by atoms with Crippen molar-refractivity contribution in [2.24, 2.45) is 0 Å². The van der Waals surface area contributed by atoms with Crippen LogP contribution in [-0.2, 0) is 6.54 Å². The molecule has 0 aliphatic heterocycles. The fraction of sp³-hybridized carbons (Fsp3) is 0.217. The van der Waals surface area contributed by atoms with Crippen LogP contribution in [0.3, 0.4) is 0 Å². The molecule has 0 aliphatic carbocycles. The minimum atomic E-state index is -0.308. The van der Waals surface area contributed by atoms with E-state index in [0.29, 0.717) is 5.56 Å². The molecule has 148 valence electrons. The number of aryl methyl sites for hydroxylation is 1. The third kappa shape index (κ3) is 3.53. The predicted molar refractivity (Wildman–Crippen MR) is 113 cm³/mol. The normalized spacial score (nSPS) is 11.3. The lowest BCUT2D eigenvalue weighted by molar-refractivity contribution is 0.102. The smallest absolute Gasteiger partial charge is 0.259 e. The quantitative estimate of drug-likeness (QED) is 0.499. The van der Waals surface area contributed by atoms with E-state index in [1.165, 1.54) is 12.1 Å². The molecule has 4 rings (SSSR count). The molecule has 0 spiro atoms. The number of nitrogens with zero attached hydrogens (tertiary/aromatic N) is 3. The highest BCUT2D eigenvalue weighted by atomic mass is 19.1. The molecule has 2 heterocycles. The van der Waals surface area contributed by atoms with Gasteiger partial charge in [-0.05, 0) is 61.4 Å². The van der Waals surface area contributed by atoms with E-state index in [-0.39, 0.29) is 17.6 Å². The van der Waals surface area contributed by atoms with Crippen LogP contribution < -0.4 is 5.32 Å². The Morgan fingerprint density at radius 1 is 1.14 bits per heavy atom. The third-order valence-corrected chi connectivity index (χ3v) is 5.04. The molecule has 6 heteroatoms. The molecule has 4 aromatic rings. The highest BCUT2D eigenvalue weighted by Gasteiger charge is 2.21. The highest BCUT2D eigenvalue weighted by molar-refractivity contribution is 6.06. The maximum Gasteiger partial charge on any atom is 0.259 e. The summed E-state index contributed by atoms with van der Waals surface area (Å²) in [7, 11) is 0. The Hall–Kier alpha value is -3.41. The number of fused-ring (bicyclic) bond motifs is 1.